The first-order chi connectivity index (χ1) is 9.33. The van der Waals surface area contributed by atoms with Crippen LogP contribution in [0.1, 0.15) is 19.2 Å². The third-order valence-electron chi connectivity index (χ3n) is 3.69. The fraction of sp³-hybridized carbons (Fsp3) is 0.846. The topological polar surface area (TPSA) is 55.2 Å². The lowest BCUT2D eigenvalue weighted by Gasteiger charge is -2.15. The van der Waals surface area contributed by atoms with Crippen molar-refractivity contribution in [3.05, 3.63) is 12.2 Å². The highest BCUT2D eigenvalue weighted by Crippen LogP contribution is 2.14. The molecule has 1 aromatic rings. The second-order valence-corrected chi connectivity index (χ2v) is 5.07. The molecule has 2 heterocycles. The van der Waals surface area contributed by atoms with Crippen molar-refractivity contribution in [3.8, 4) is 0 Å². The molecule has 0 radical (unpaired) electrons. The van der Waals surface area contributed by atoms with Crippen LogP contribution in [0.3, 0.4) is 0 Å². The van der Waals surface area contributed by atoms with E-state index in [9.17, 15) is 0 Å². The van der Waals surface area contributed by atoms with Gasteiger partial charge in [0.05, 0.1) is 13.2 Å². The third-order valence-corrected chi connectivity index (χ3v) is 3.69. The molecule has 0 aliphatic carbocycles. The van der Waals surface area contributed by atoms with Crippen LogP contribution >= 0.6 is 0 Å². The van der Waals surface area contributed by atoms with Crippen molar-refractivity contribution in [2.45, 2.75) is 26.4 Å². The van der Waals surface area contributed by atoms with Crippen molar-refractivity contribution in [1.82, 2.24) is 25.0 Å². The second-order valence-electron chi connectivity index (χ2n) is 5.07. The molecule has 19 heavy (non-hydrogen) atoms. The van der Waals surface area contributed by atoms with Gasteiger partial charge in [-0.2, -0.15) is 5.10 Å². The summed E-state index contributed by atoms with van der Waals surface area (Å²) in [4.78, 5) is 6.75. The van der Waals surface area contributed by atoms with E-state index in [4.69, 9.17) is 4.74 Å². The van der Waals surface area contributed by atoms with Crippen molar-refractivity contribution in [1.29, 1.82) is 0 Å². The second kappa shape index (κ2) is 7.57. The summed E-state index contributed by atoms with van der Waals surface area (Å²) in [6, 6.07) is 0. The van der Waals surface area contributed by atoms with Gasteiger partial charge in [0.15, 0.2) is 0 Å². The Morgan fingerprint density at radius 2 is 2.42 bits per heavy atom. The third kappa shape index (κ3) is 4.26. The molecule has 1 unspecified atom stereocenters. The zero-order chi connectivity index (χ0) is 13.5. The number of methoxy groups -OCH3 is 1. The fourth-order valence-electron chi connectivity index (χ4n) is 2.58. The molecule has 1 atom stereocenters. The minimum absolute atomic E-state index is 0.745. The molecule has 0 spiro atoms. The Morgan fingerprint density at radius 1 is 1.53 bits per heavy atom. The molecule has 1 aliphatic heterocycles. The number of likely N-dealkylation sites (tertiary alicyclic amines) is 1. The summed E-state index contributed by atoms with van der Waals surface area (Å²) in [6.07, 6.45) is 2.90. The fourth-order valence-corrected chi connectivity index (χ4v) is 2.58. The van der Waals surface area contributed by atoms with Crippen LogP contribution in [0, 0.1) is 5.92 Å². The standard InChI is InChI=1S/C13H25N5O/c1-3-18-13(15-11-16-18)9-14-8-12-4-5-17(10-12)6-7-19-2/h11-12,14H,3-10H2,1-2H3. The maximum Gasteiger partial charge on any atom is 0.140 e. The number of nitrogens with zero attached hydrogens (tertiary/aromatic N) is 4. The van der Waals surface area contributed by atoms with Gasteiger partial charge in [0, 0.05) is 26.7 Å². The number of aromatic nitrogens is 3. The average molecular weight is 267 g/mol. The van der Waals surface area contributed by atoms with Gasteiger partial charge >= 0.3 is 0 Å². The first-order valence-corrected chi connectivity index (χ1v) is 7.12. The summed E-state index contributed by atoms with van der Waals surface area (Å²) >= 11 is 0. The van der Waals surface area contributed by atoms with Gasteiger partial charge in [-0.1, -0.05) is 0 Å². The van der Waals surface area contributed by atoms with Gasteiger partial charge in [-0.15, -0.1) is 0 Å². The van der Waals surface area contributed by atoms with Gasteiger partial charge in [0.2, 0.25) is 0 Å². The molecule has 1 fully saturated rings. The number of nitrogens with one attached hydrogen (secondary N) is 1. The largest absolute Gasteiger partial charge is 0.383 e. The molecular formula is C13H25N5O. The van der Waals surface area contributed by atoms with Crippen molar-refractivity contribution < 1.29 is 4.74 Å². The van der Waals surface area contributed by atoms with Crippen LogP contribution < -0.4 is 5.32 Å². The maximum atomic E-state index is 5.12. The molecule has 1 saturated heterocycles. The number of hydrogen-bond acceptors (Lipinski definition) is 5. The van der Waals surface area contributed by atoms with E-state index < -0.39 is 0 Å². The molecule has 1 N–H and O–H groups in total. The van der Waals surface area contributed by atoms with E-state index >= 15 is 0 Å². The van der Waals surface area contributed by atoms with Gasteiger partial charge in [-0.05, 0) is 32.4 Å². The van der Waals surface area contributed by atoms with Crippen molar-refractivity contribution in [2.24, 2.45) is 5.92 Å². The normalized spacial score (nSPS) is 20.2. The maximum absolute atomic E-state index is 5.12. The Balaban J connectivity index is 1.64. The van der Waals surface area contributed by atoms with E-state index in [-0.39, 0.29) is 0 Å². The molecule has 0 saturated carbocycles. The van der Waals surface area contributed by atoms with Gasteiger partial charge in [0.25, 0.3) is 0 Å². The lowest BCUT2D eigenvalue weighted by molar-refractivity contribution is 0.159. The Hall–Kier alpha value is -0.980. The highest BCUT2D eigenvalue weighted by atomic mass is 16.5. The van der Waals surface area contributed by atoms with Crippen molar-refractivity contribution in [3.63, 3.8) is 0 Å². The summed E-state index contributed by atoms with van der Waals surface area (Å²) < 4.78 is 7.06. The molecule has 6 nitrogen and oxygen atoms in total. The van der Waals surface area contributed by atoms with Crippen LogP contribution in [0.15, 0.2) is 6.33 Å². The van der Waals surface area contributed by atoms with E-state index in [1.807, 2.05) is 4.68 Å². The van der Waals surface area contributed by atoms with E-state index in [1.54, 1.807) is 13.4 Å². The van der Waals surface area contributed by atoms with Gasteiger partial charge in [-0.25, -0.2) is 9.67 Å². The predicted octanol–water partition coefficient (Wildman–Crippen LogP) is 0.356. The lowest BCUT2D eigenvalue weighted by atomic mass is 10.1. The summed E-state index contributed by atoms with van der Waals surface area (Å²) in [7, 11) is 1.76. The molecule has 1 aromatic heterocycles. The predicted molar refractivity (Wildman–Crippen MR) is 73.8 cm³/mol. The molecule has 0 amide bonds. The average Bonchev–Trinajstić information content (AvgIpc) is 3.05. The zero-order valence-electron chi connectivity index (χ0n) is 12.0. The lowest BCUT2D eigenvalue weighted by Crippen LogP contribution is -2.28. The van der Waals surface area contributed by atoms with E-state index in [0.717, 1.165) is 44.5 Å². The minimum Gasteiger partial charge on any atom is -0.383 e. The zero-order valence-corrected chi connectivity index (χ0v) is 12.0. The molecule has 2 rings (SSSR count). The van der Waals surface area contributed by atoms with E-state index in [2.05, 4.69) is 27.2 Å². The van der Waals surface area contributed by atoms with Crippen LogP contribution in [0.25, 0.3) is 0 Å². The van der Waals surface area contributed by atoms with Crippen molar-refractivity contribution in [2.75, 3.05) is 39.9 Å². The Bertz CT molecular complexity index is 368. The molecule has 108 valence electrons. The van der Waals surface area contributed by atoms with Crippen LogP contribution in [0.2, 0.25) is 0 Å². The van der Waals surface area contributed by atoms with Crippen LogP contribution in [0.4, 0.5) is 0 Å². The van der Waals surface area contributed by atoms with Crippen LogP contribution in [-0.4, -0.2) is 59.6 Å². The summed E-state index contributed by atoms with van der Waals surface area (Å²) in [5.74, 6) is 1.77. The highest BCUT2D eigenvalue weighted by Gasteiger charge is 2.21. The van der Waals surface area contributed by atoms with E-state index in [1.165, 1.54) is 19.5 Å². The number of ether oxygens (including phenoxy) is 1. The number of aryl methyl sites for hydroxylation is 1. The Kier molecular flexibility index (Phi) is 5.75. The first kappa shape index (κ1) is 14.4. The number of rotatable bonds is 8. The first-order valence-electron chi connectivity index (χ1n) is 7.12. The summed E-state index contributed by atoms with van der Waals surface area (Å²) in [5.41, 5.74) is 0. The highest BCUT2D eigenvalue weighted by molar-refractivity contribution is 4.84. The quantitative estimate of drug-likeness (QED) is 0.737. The van der Waals surface area contributed by atoms with E-state index in [0.29, 0.717) is 0 Å². The Morgan fingerprint density at radius 3 is 3.21 bits per heavy atom. The summed E-state index contributed by atoms with van der Waals surface area (Å²) in [5, 5.41) is 7.67. The molecule has 0 aromatic carbocycles. The van der Waals surface area contributed by atoms with Gasteiger partial charge in [-0.3, -0.25) is 0 Å². The Labute approximate surface area is 115 Å². The smallest absolute Gasteiger partial charge is 0.140 e. The van der Waals surface area contributed by atoms with Gasteiger partial charge < -0.3 is 15.0 Å². The molecule has 0 bridgehead atoms. The molecular weight excluding hydrogens is 242 g/mol. The van der Waals surface area contributed by atoms with Crippen molar-refractivity contribution >= 4 is 0 Å². The summed E-state index contributed by atoms with van der Waals surface area (Å²) in [6.45, 7) is 9.09. The molecule has 6 heteroatoms. The monoisotopic (exact) mass is 267 g/mol. The number of hydrogen-bond donors (Lipinski definition) is 1. The van der Waals surface area contributed by atoms with Crippen LogP contribution in [-0.2, 0) is 17.8 Å². The minimum atomic E-state index is 0.745. The SMILES string of the molecule is CCn1ncnc1CNCC1CCN(CCOC)C1. The molecule has 1 aliphatic rings. The van der Waals surface area contributed by atoms with Crippen LogP contribution in [0.5, 0.6) is 0 Å². The van der Waals surface area contributed by atoms with Gasteiger partial charge in [0.1, 0.15) is 12.2 Å².